The van der Waals surface area contributed by atoms with E-state index in [1.807, 2.05) is 37.4 Å². The van der Waals surface area contributed by atoms with Crippen LogP contribution in [0.3, 0.4) is 0 Å². The zero-order valence-corrected chi connectivity index (χ0v) is 14.0. The van der Waals surface area contributed by atoms with Gasteiger partial charge in [-0.05, 0) is 43.8 Å². The lowest BCUT2D eigenvalue weighted by Crippen LogP contribution is -2.50. The Balaban J connectivity index is 1.83. The molecule has 4 nitrogen and oxygen atoms in total. The maximum absolute atomic E-state index is 13.2. The first-order chi connectivity index (χ1) is 11.1. The Morgan fingerprint density at radius 2 is 1.96 bits per heavy atom. The summed E-state index contributed by atoms with van der Waals surface area (Å²) in [5, 5.41) is 14.8. The summed E-state index contributed by atoms with van der Waals surface area (Å²) in [6.07, 6.45) is 5.16. The van der Waals surface area contributed by atoms with Crippen molar-refractivity contribution in [1.29, 1.82) is 0 Å². The summed E-state index contributed by atoms with van der Waals surface area (Å²) < 4.78 is 0. The molecule has 0 spiro atoms. The number of nitrogens with zero attached hydrogens (tertiary/aromatic N) is 1. The van der Waals surface area contributed by atoms with E-state index in [0.29, 0.717) is 12.5 Å². The monoisotopic (exact) mass is 316 g/mol. The highest BCUT2D eigenvalue weighted by atomic mass is 16.3. The van der Waals surface area contributed by atoms with Gasteiger partial charge in [0.1, 0.15) is 0 Å². The summed E-state index contributed by atoms with van der Waals surface area (Å²) in [5.41, 5.74) is -0.633. The van der Waals surface area contributed by atoms with E-state index in [0.717, 1.165) is 50.8 Å². The van der Waals surface area contributed by atoms with E-state index in [4.69, 9.17) is 0 Å². The number of rotatable bonds is 5. The highest BCUT2D eigenvalue weighted by Crippen LogP contribution is 2.41. The van der Waals surface area contributed by atoms with Gasteiger partial charge in [-0.2, -0.15) is 0 Å². The highest BCUT2D eigenvalue weighted by Gasteiger charge is 2.47. The quantitative estimate of drug-likeness (QED) is 0.875. The number of carbonyl (C=O) groups is 1. The summed E-state index contributed by atoms with van der Waals surface area (Å²) in [5.74, 6) is 0.386. The SMILES string of the molecule is CN(CC1CCNC1)C(=O)C(O)(c1ccccc1)C1CCCC1. The van der Waals surface area contributed by atoms with Gasteiger partial charge in [0.25, 0.3) is 5.91 Å². The fourth-order valence-electron chi connectivity index (χ4n) is 4.20. The number of carbonyl (C=O) groups excluding carboxylic acids is 1. The Morgan fingerprint density at radius 1 is 1.26 bits per heavy atom. The average Bonchev–Trinajstić information content (AvgIpc) is 3.28. The van der Waals surface area contributed by atoms with Gasteiger partial charge in [0.15, 0.2) is 5.60 Å². The molecule has 1 aromatic carbocycles. The molecule has 2 fully saturated rings. The second kappa shape index (κ2) is 7.02. The minimum atomic E-state index is -1.38. The minimum absolute atomic E-state index is 0.0292. The highest BCUT2D eigenvalue weighted by molar-refractivity contribution is 5.86. The maximum Gasteiger partial charge on any atom is 0.259 e. The second-order valence-corrected chi connectivity index (χ2v) is 7.16. The zero-order valence-electron chi connectivity index (χ0n) is 14.0. The van der Waals surface area contributed by atoms with E-state index in [-0.39, 0.29) is 11.8 Å². The van der Waals surface area contributed by atoms with E-state index < -0.39 is 5.60 Å². The van der Waals surface area contributed by atoms with E-state index in [9.17, 15) is 9.90 Å². The van der Waals surface area contributed by atoms with Crippen LogP contribution in [0.15, 0.2) is 30.3 Å². The number of nitrogens with one attached hydrogen (secondary N) is 1. The van der Waals surface area contributed by atoms with Crippen molar-refractivity contribution in [2.75, 3.05) is 26.7 Å². The molecule has 1 aliphatic heterocycles. The van der Waals surface area contributed by atoms with E-state index in [1.54, 1.807) is 4.90 Å². The Bertz CT molecular complexity index is 521. The molecule has 1 saturated heterocycles. The van der Waals surface area contributed by atoms with Crippen LogP contribution < -0.4 is 5.32 Å². The van der Waals surface area contributed by atoms with E-state index in [1.165, 1.54) is 0 Å². The molecule has 1 saturated carbocycles. The van der Waals surface area contributed by atoms with Gasteiger partial charge >= 0.3 is 0 Å². The first kappa shape index (κ1) is 16.5. The zero-order chi connectivity index (χ0) is 16.3. The van der Waals surface area contributed by atoms with Crippen LogP contribution >= 0.6 is 0 Å². The van der Waals surface area contributed by atoms with Crippen LogP contribution in [0.5, 0.6) is 0 Å². The van der Waals surface area contributed by atoms with Crippen LogP contribution in [0, 0.1) is 11.8 Å². The molecular weight excluding hydrogens is 288 g/mol. The van der Waals surface area contributed by atoms with Gasteiger partial charge < -0.3 is 15.3 Å². The summed E-state index contributed by atoms with van der Waals surface area (Å²) in [6.45, 7) is 2.71. The van der Waals surface area contributed by atoms with E-state index in [2.05, 4.69) is 5.32 Å². The number of aliphatic hydroxyl groups is 1. The van der Waals surface area contributed by atoms with Gasteiger partial charge in [-0.1, -0.05) is 43.2 Å². The Labute approximate surface area is 138 Å². The third kappa shape index (κ3) is 3.29. The normalized spacial score (nSPS) is 24.5. The van der Waals surface area contributed by atoms with Crippen molar-refractivity contribution >= 4 is 5.91 Å². The van der Waals surface area contributed by atoms with Crippen LogP contribution in [0.25, 0.3) is 0 Å². The molecule has 2 aliphatic rings. The lowest BCUT2D eigenvalue weighted by Gasteiger charge is -2.37. The van der Waals surface area contributed by atoms with Gasteiger partial charge in [0.05, 0.1) is 0 Å². The number of hydrogen-bond donors (Lipinski definition) is 2. The van der Waals surface area contributed by atoms with Crippen molar-refractivity contribution in [2.24, 2.45) is 11.8 Å². The first-order valence-corrected chi connectivity index (χ1v) is 8.86. The molecule has 1 heterocycles. The molecule has 1 amide bonds. The van der Waals surface area contributed by atoms with Crippen molar-refractivity contribution in [1.82, 2.24) is 10.2 Å². The van der Waals surface area contributed by atoms with Crippen molar-refractivity contribution < 1.29 is 9.90 Å². The lowest BCUT2D eigenvalue weighted by atomic mass is 9.79. The minimum Gasteiger partial charge on any atom is -0.375 e. The Hall–Kier alpha value is -1.39. The van der Waals surface area contributed by atoms with Gasteiger partial charge in [-0.25, -0.2) is 0 Å². The molecule has 4 heteroatoms. The van der Waals surface area contributed by atoms with Crippen molar-refractivity contribution in [2.45, 2.75) is 37.7 Å². The van der Waals surface area contributed by atoms with Crippen LogP contribution in [-0.4, -0.2) is 42.6 Å². The largest absolute Gasteiger partial charge is 0.375 e. The number of hydrogen-bond acceptors (Lipinski definition) is 3. The topological polar surface area (TPSA) is 52.6 Å². The van der Waals surface area contributed by atoms with Gasteiger partial charge in [0, 0.05) is 19.5 Å². The molecule has 1 aromatic rings. The molecule has 23 heavy (non-hydrogen) atoms. The molecular formula is C19H28N2O2. The summed E-state index contributed by atoms with van der Waals surface area (Å²) in [4.78, 5) is 14.9. The fourth-order valence-corrected chi connectivity index (χ4v) is 4.20. The Kier molecular flexibility index (Phi) is 5.02. The van der Waals surface area contributed by atoms with E-state index >= 15 is 0 Å². The maximum atomic E-state index is 13.2. The molecule has 3 rings (SSSR count). The van der Waals surface area contributed by atoms with Crippen LogP contribution in [0.2, 0.25) is 0 Å². The van der Waals surface area contributed by atoms with Gasteiger partial charge in [0.2, 0.25) is 0 Å². The van der Waals surface area contributed by atoms with Crippen molar-refractivity contribution in [3.8, 4) is 0 Å². The third-order valence-corrected chi connectivity index (χ3v) is 5.53. The van der Waals surface area contributed by atoms with Crippen LogP contribution in [-0.2, 0) is 10.4 Å². The number of benzene rings is 1. The first-order valence-electron chi connectivity index (χ1n) is 8.86. The third-order valence-electron chi connectivity index (χ3n) is 5.53. The van der Waals surface area contributed by atoms with Crippen molar-refractivity contribution in [3.05, 3.63) is 35.9 Å². The predicted octanol–water partition coefficient (Wildman–Crippen LogP) is 2.13. The Morgan fingerprint density at radius 3 is 2.57 bits per heavy atom. The van der Waals surface area contributed by atoms with Gasteiger partial charge in [-0.15, -0.1) is 0 Å². The summed E-state index contributed by atoms with van der Waals surface area (Å²) in [6, 6.07) is 9.52. The summed E-state index contributed by atoms with van der Waals surface area (Å²) >= 11 is 0. The van der Waals surface area contributed by atoms with Crippen molar-refractivity contribution in [3.63, 3.8) is 0 Å². The molecule has 2 atom stereocenters. The average molecular weight is 316 g/mol. The van der Waals surface area contributed by atoms with Gasteiger partial charge in [-0.3, -0.25) is 4.79 Å². The van der Waals surface area contributed by atoms with Crippen LogP contribution in [0.4, 0.5) is 0 Å². The number of likely N-dealkylation sites (N-methyl/N-ethyl adjacent to an activating group) is 1. The predicted molar refractivity (Wildman–Crippen MR) is 90.9 cm³/mol. The lowest BCUT2D eigenvalue weighted by molar-refractivity contribution is -0.158. The summed E-state index contributed by atoms with van der Waals surface area (Å²) in [7, 11) is 1.84. The smallest absolute Gasteiger partial charge is 0.259 e. The molecule has 1 aliphatic carbocycles. The molecule has 2 N–H and O–H groups in total. The standard InChI is InChI=1S/C19H28N2O2/c1-21(14-15-11-12-20-13-15)18(22)19(23,17-9-5-6-10-17)16-7-3-2-4-8-16/h2-4,7-8,15,17,20,23H,5-6,9-14H2,1H3. The molecule has 0 radical (unpaired) electrons. The molecule has 0 aromatic heterocycles. The van der Waals surface area contributed by atoms with Crippen LogP contribution in [0.1, 0.15) is 37.7 Å². The second-order valence-electron chi connectivity index (χ2n) is 7.16. The molecule has 126 valence electrons. The molecule has 0 bridgehead atoms. The number of amides is 1. The molecule has 2 unspecified atom stereocenters. The fraction of sp³-hybridized carbons (Fsp3) is 0.632.